The first-order valence-electron chi connectivity index (χ1n) is 9.59. The van der Waals surface area contributed by atoms with Crippen LogP contribution < -0.4 is 0 Å². The van der Waals surface area contributed by atoms with E-state index < -0.39 is 44.8 Å². The molecule has 0 radical (unpaired) electrons. The lowest BCUT2D eigenvalue weighted by Gasteiger charge is -2.26. The fourth-order valence-electron chi connectivity index (χ4n) is 2.85. The Hall–Kier alpha value is -2.80. The molecule has 2 aromatic carbocycles. The summed E-state index contributed by atoms with van der Waals surface area (Å²) in [6, 6.07) is 14.7. The van der Waals surface area contributed by atoms with Crippen molar-refractivity contribution in [2.75, 3.05) is 26.2 Å². The van der Waals surface area contributed by atoms with Crippen LogP contribution in [0.4, 0.5) is 0 Å². The molecule has 0 bridgehead atoms. The maximum absolute atomic E-state index is 13.0. The van der Waals surface area contributed by atoms with E-state index in [-0.39, 0.29) is 36.0 Å². The number of carboxylic acids is 2. The Morgan fingerprint density at radius 2 is 0.906 bits per heavy atom. The maximum Gasteiger partial charge on any atom is 0.304 e. The summed E-state index contributed by atoms with van der Waals surface area (Å²) < 4.78 is 53.8. The zero-order chi connectivity index (χ0) is 23.8. The van der Waals surface area contributed by atoms with E-state index in [1.165, 1.54) is 48.5 Å². The highest BCUT2D eigenvalue weighted by Crippen LogP contribution is 2.19. The standard InChI is InChI=1S/C20H24N2O8S2/c23-19(24)11-13-21(31(27,28)17-7-3-1-4-8-17)15-16-22(14-12-20(25)26)32(29,30)18-9-5-2-6-10-18/h1-10H,11-16H2,(H,23,24)(H,25,26). The molecule has 174 valence electrons. The van der Waals surface area contributed by atoms with Gasteiger partial charge in [0.15, 0.2) is 0 Å². The monoisotopic (exact) mass is 484 g/mol. The van der Waals surface area contributed by atoms with Crippen LogP contribution in [0.15, 0.2) is 70.5 Å². The molecule has 12 heteroatoms. The van der Waals surface area contributed by atoms with Gasteiger partial charge in [0.2, 0.25) is 20.0 Å². The first-order valence-corrected chi connectivity index (χ1v) is 12.5. The lowest BCUT2D eigenvalue weighted by atomic mass is 10.4. The van der Waals surface area contributed by atoms with Crippen LogP contribution in [-0.4, -0.2) is 73.8 Å². The third-order valence-corrected chi connectivity index (χ3v) is 8.34. The summed E-state index contributed by atoms with van der Waals surface area (Å²) in [6.07, 6.45) is -0.959. The van der Waals surface area contributed by atoms with Gasteiger partial charge in [-0.1, -0.05) is 36.4 Å². The molecule has 2 aromatic rings. The predicted molar refractivity (Wildman–Crippen MR) is 115 cm³/mol. The Morgan fingerprint density at radius 3 is 1.19 bits per heavy atom. The number of carboxylic acid groups (broad SMARTS) is 2. The van der Waals surface area contributed by atoms with E-state index in [9.17, 15) is 26.4 Å². The third kappa shape index (κ3) is 6.85. The summed E-state index contributed by atoms with van der Waals surface area (Å²) in [4.78, 5) is 21.9. The zero-order valence-corrected chi connectivity index (χ0v) is 18.7. The average Bonchev–Trinajstić information content (AvgIpc) is 2.76. The topological polar surface area (TPSA) is 149 Å². The SMILES string of the molecule is O=C(O)CCN(CCN(CCC(=O)O)S(=O)(=O)c1ccccc1)S(=O)(=O)c1ccccc1. The quantitative estimate of drug-likeness (QED) is 0.432. The van der Waals surface area contributed by atoms with Crippen molar-refractivity contribution in [1.82, 2.24) is 8.61 Å². The number of carbonyl (C=O) groups is 2. The predicted octanol–water partition coefficient (Wildman–Crippen LogP) is 1.32. The van der Waals surface area contributed by atoms with Crippen molar-refractivity contribution >= 4 is 32.0 Å². The zero-order valence-electron chi connectivity index (χ0n) is 17.1. The van der Waals surface area contributed by atoms with Gasteiger partial charge in [-0.25, -0.2) is 16.8 Å². The van der Waals surface area contributed by atoms with Crippen molar-refractivity contribution in [2.24, 2.45) is 0 Å². The fraction of sp³-hybridized carbons (Fsp3) is 0.300. The molecule has 0 aliphatic heterocycles. The van der Waals surface area contributed by atoms with E-state index in [1.54, 1.807) is 12.1 Å². The van der Waals surface area contributed by atoms with E-state index in [1.807, 2.05) is 0 Å². The summed E-state index contributed by atoms with van der Waals surface area (Å²) in [5, 5.41) is 18.0. The Bertz CT molecular complexity index is 1030. The number of rotatable bonds is 13. The second-order valence-corrected chi connectivity index (χ2v) is 10.6. The van der Waals surface area contributed by atoms with Crippen LogP contribution in [0.3, 0.4) is 0 Å². The van der Waals surface area contributed by atoms with Crippen LogP contribution >= 0.6 is 0 Å². The Morgan fingerprint density at radius 1 is 0.594 bits per heavy atom. The fourth-order valence-corrected chi connectivity index (χ4v) is 5.76. The van der Waals surface area contributed by atoms with E-state index in [4.69, 9.17) is 10.2 Å². The van der Waals surface area contributed by atoms with Gasteiger partial charge in [-0.05, 0) is 24.3 Å². The highest BCUT2D eigenvalue weighted by molar-refractivity contribution is 7.89. The normalized spacial score (nSPS) is 12.2. The van der Waals surface area contributed by atoms with Crippen LogP contribution in [0.2, 0.25) is 0 Å². The van der Waals surface area contributed by atoms with Gasteiger partial charge < -0.3 is 10.2 Å². The van der Waals surface area contributed by atoms with Gasteiger partial charge in [0.25, 0.3) is 0 Å². The summed E-state index contributed by atoms with van der Waals surface area (Å²) in [5.74, 6) is -2.42. The highest BCUT2D eigenvalue weighted by Gasteiger charge is 2.29. The van der Waals surface area contributed by atoms with Crippen molar-refractivity contribution in [3.8, 4) is 0 Å². The Kier molecular flexibility index (Phi) is 8.89. The molecule has 0 unspecified atom stereocenters. The van der Waals surface area contributed by atoms with Crippen molar-refractivity contribution in [2.45, 2.75) is 22.6 Å². The summed E-state index contributed by atoms with van der Waals surface area (Å²) >= 11 is 0. The molecule has 0 fully saturated rings. The van der Waals surface area contributed by atoms with Crippen molar-refractivity contribution in [3.05, 3.63) is 60.7 Å². The van der Waals surface area contributed by atoms with Crippen LogP contribution in [-0.2, 0) is 29.6 Å². The van der Waals surface area contributed by atoms with Crippen molar-refractivity contribution < 1.29 is 36.6 Å². The van der Waals surface area contributed by atoms with Gasteiger partial charge in [-0.3, -0.25) is 9.59 Å². The smallest absolute Gasteiger partial charge is 0.304 e. The number of sulfonamides is 2. The van der Waals surface area contributed by atoms with Gasteiger partial charge in [-0.2, -0.15) is 8.61 Å². The highest BCUT2D eigenvalue weighted by atomic mass is 32.2. The molecule has 0 aromatic heterocycles. The molecule has 32 heavy (non-hydrogen) atoms. The van der Waals surface area contributed by atoms with Crippen LogP contribution in [0.25, 0.3) is 0 Å². The summed E-state index contributed by atoms with van der Waals surface area (Å²) in [7, 11) is -8.20. The first kappa shape index (κ1) is 25.5. The van der Waals surface area contributed by atoms with Gasteiger partial charge in [0.05, 0.1) is 22.6 Å². The van der Waals surface area contributed by atoms with Gasteiger partial charge in [0.1, 0.15) is 0 Å². The summed E-state index contributed by atoms with van der Waals surface area (Å²) in [6.45, 7) is -1.44. The van der Waals surface area contributed by atoms with Crippen LogP contribution in [0, 0.1) is 0 Å². The van der Waals surface area contributed by atoms with Crippen molar-refractivity contribution in [1.29, 1.82) is 0 Å². The van der Waals surface area contributed by atoms with E-state index in [0.29, 0.717) is 0 Å². The first-order chi connectivity index (χ1) is 15.0. The van der Waals surface area contributed by atoms with Crippen LogP contribution in [0.1, 0.15) is 12.8 Å². The average molecular weight is 485 g/mol. The minimum absolute atomic E-state index is 0.0617. The van der Waals surface area contributed by atoms with E-state index in [0.717, 1.165) is 8.61 Å². The molecule has 0 heterocycles. The number of aliphatic carboxylic acids is 2. The maximum atomic E-state index is 13.0. The van der Waals surface area contributed by atoms with Gasteiger partial charge in [0, 0.05) is 26.2 Å². The number of nitrogens with zero attached hydrogens (tertiary/aromatic N) is 2. The van der Waals surface area contributed by atoms with E-state index >= 15 is 0 Å². The molecule has 0 aliphatic carbocycles. The molecule has 0 atom stereocenters. The molecule has 2 rings (SSSR count). The number of hydrogen-bond donors (Lipinski definition) is 2. The van der Waals surface area contributed by atoms with Crippen LogP contribution in [0.5, 0.6) is 0 Å². The molecular formula is C20H24N2O8S2. The second-order valence-electron chi connectivity index (χ2n) is 6.72. The molecule has 10 nitrogen and oxygen atoms in total. The lowest BCUT2D eigenvalue weighted by Crippen LogP contribution is -2.42. The molecule has 0 amide bonds. The molecule has 2 N–H and O–H groups in total. The number of hydrogen-bond acceptors (Lipinski definition) is 6. The molecule has 0 saturated carbocycles. The minimum atomic E-state index is -4.10. The minimum Gasteiger partial charge on any atom is -0.481 e. The summed E-state index contributed by atoms with van der Waals surface area (Å²) in [5.41, 5.74) is 0. The largest absolute Gasteiger partial charge is 0.481 e. The molecule has 0 saturated heterocycles. The molecular weight excluding hydrogens is 460 g/mol. The lowest BCUT2D eigenvalue weighted by molar-refractivity contribution is -0.138. The molecule has 0 aliphatic rings. The Balaban J connectivity index is 2.32. The van der Waals surface area contributed by atoms with Crippen molar-refractivity contribution in [3.63, 3.8) is 0 Å². The van der Waals surface area contributed by atoms with Gasteiger partial charge in [-0.15, -0.1) is 0 Å². The second kappa shape index (κ2) is 11.2. The van der Waals surface area contributed by atoms with Gasteiger partial charge >= 0.3 is 11.9 Å². The van der Waals surface area contributed by atoms with E-state index in [2.05, 4.69) is 0 Å². The molecule has 0 spiro atoms. The third-order valence-electron chi connectivity index (χ3n) is 4.51. The number of benzene rings is 2. The Labute approximate surface area is 186 Å².